The first-order chi connectivity index (χ1) is 13.1. The van der Waals surface area contributed by atoms with Crippen LogP contribution in [0.25, 0.3) is 10.9 Å². The standard InChI is InChI=1S/C23H28N2O2/c1-3-4-20-8-9-21(27-20)16-25-13-11-23(26,12-14-25)19-7-10-22-18(15-19)6-5-17(2)24-22/h5-10,15,26H,3-4,11-14,16H2,1-2H3. The predicted octanol–water partition coefficient (Wildman–Crippen LogP) is 4.57. The van der Waals surface area contributed by atoms with Gasteiger partial charge in [0.25, 0.3) is 0 Å². The summed E-state index contributed by atoms with van der Waals surface area (Å²) in [5.41, 5.74) is 2.25. The Labute approximate surface area is 160 Å². The molecule has 1 aliphatic rings. The van der Waals surface area contributed by atoms with Gasteiger partial charge in [0.2, 0.25) is 0 Å². The maximum atomic E-state index is 11.2. The van der Waals surface area contributed by atoms with Crippen molar-refractivity contribution in [2.45, 2.75) is 51.7 Å². The minimum absolute atomic E-state index is 0.736. The third kappa shape index (κ3) is 3.92. The van der Waals surface area contributed by atoms with E-state index in [-0.39, 0.29) is 0 Å². The van der Waals surface area contributed by atoms with Crippen LogP contribution in [0.4, 0.5) is 0 Å². The number of nitrogens with zero attached hydrogens (tertiary/aromatic N) is 2. The monoisotopic (exact) mass is 364 g/mol. The van der Waals surface area contributed by atoms with Crippen molar-refractivity contribution in [2.24, 2.45) is 0 Å². The zero-order valence-electron chi connectivity index (χ0n) is 16.2. The molecular weight excluding hydrogens is 336 g/mol. The highest BCUT2D eigenvalue weighted by atomic mass is 16.3. The molecule has 1 N–H and O–H groups in total. The lowest BCUT2D eigenvalue weighted by Gasteiger charge is -2.38. The van der Waals surface area contributed by atoms with Crippen molar-refractivity contribution in [3.05, 3.63) is 65.2 Å². The summed E-state index contributed by atoms with van der Waals surface area (Å²) in [4.78, 5) is 6.93. The Hall–Kier alpha value is -2.17. The van der Waals surface area contributed by atoms with Crippen LogP contribution in [-0.2, 0) is 18.6 Å². The van der Waals surface area contributed by atoms with Crippen LogP contribution in [0, 0.1) is 6.92 Å². The summed E-state index contributed by atoms with van der Waals surface area (Å²) in [6.07, 6.45) is 3.57. The first-order valence-electron chi connectivity index (χ1n) is 9.96. The third-order valence-electron chi connectivity index (χ3n) is 5.64. The second-order valence-electron chi connectivity index (χ2n) is 7.79. The fourth-order valence-corrected chi connectivity index (χ4v) is 4.00. The Morgan fingerprint density at radius 3 is 2.63 bits per heavy atom. The number of hydrogen-bond donors (Lipinski definition) is 1. The average molecular weight is 364 g/mol. The molecule has 0 aliphatic carbocycles. The van der Waals surface area contributed by atoms with E-state index < -0.39 is 5.60 Å². The lowest BCUT2D eigenvalue weighted by molar-refractivity contribution is -0.0288. The molecule has 4 rings (SSSR count). The Morgan fingerprint density at radius 1 is 1.07 bits per heavy atom. The molecule has 0 saturated carbocycles. The van der Waals surface area contributed by atoms with Gasteiger partial charge in [0.15, 0.2) is 0 Å². The van der Waals surface area contributed by atoms with Crippen molar-refractivity contribution in [3.8, 4) is 0 Å². The molecule has 3 aromatic rings. The fraction of sp³-hybridized carbons (Fsp3) is 0.435. The van der Waals surface area contributed by atoms with Crippen LogP contribution in [0.15, 0.2) is 46.9 Å². The number of likely N-dealkylation sites (tertiary alicyclic amines) is 1. The Morgan fingerprint density at radius 2 is 1.85 bits per heavy atom. The first kappa shape index (κ1) is 18.2. The number of aliphatic hydroxyl groups is 1. The van der Waals surface area contributed by atoms with Gasteiger partial charge < -0.3 is 9.52 Å². The van der Waals surface area contributed by atoms with Crippen molar-refractivity contribution in [3.63, 3.8) is 0 Å². The van der Waals surface area contributed by atoms with Crippen molar-refractivity contribution < 1.29 is 9.52 Å². The first-order valence-corrected chi connectivity index (χ1v) is 9.96. The normalized spacial score (nSPS) is 17.4. The summed E-state index contributed by atoms with van der Waals surface area (Å²) in [7, 11) is 0. The van der Waals surface area contributed by atoms with Crippen molar-refractivity contribution in [1.29, 1.82) is 0 Å². The number of aryl methyl sites for hydroxylation is 2. The molecule has 1 aromatic carbocycles. The maximum Gasteiger partial charge on any atom is 0.118 e. The lowest BCUT2D eigenvalue weighted by atomic mass is 9.84. The van der Waals surface area contributed by atoms with E-state index in [4.69, 9.17) is 4.42 Å². The average Bonchev–Trinajstić information content (AvgIpc) is 3.10. The van der Waals surface area contributed by atoms with Gasteiger partial charge in [-0.2, -0.15) is 0 Å². The van der Waals surface area contributed by atoms with E-state index in [1.165, 1.54) is 0 Å². The smallest absolute Gasteiger partial charge is 0.118 e. The van der Waals surface area contributed by atoms with Gasteiger partial charge in [-0.1, -0.05) is 19.1 Å². The quantitative estimate of drug-likeness (QED) is 0.720. The molecule has 4 nitrogen and oxygen atoms in total. The van der Waals surface area contributed by atoms with Crippen LogP contribution >= 0.6 is 0 Å². The van der Waals surface area contributed by atoms with Crippen molar-refractivity contribution >= 4 is 10.9 Å². The van der Waals surface area contributed by atoms with Gasteiger partial charge in [0.05, 0.1) is 17.7 Å². The Balaban J connectivity index is 1.43. The molecule has 1 saturated heterocycles. The Bertz CT molecular complexity index is 923. The lowest BCUT2D eigenvalue weighted by Crippen LogP contribution is -2.42. The number of hydrogen-bond acceptors (Lipinski definition) is 4. The molecule has 0 amide bonds. The maximum absolute atomic E-state index is 11.2. The van der Waals surface area contributed by atoms with E-state index in [1.807, 2.05) is 25.1 Å². The number of aromatic nitrogens is 1. The summed E-state index contributed by atoms with van der Waals surface area (Å²) >= 11 is 0. The minimum Gasteiger partial charge on any atom is -0.465 e. The molecule has 27 heavy (non-hydrogen) atoms. The van der Waals surface area contributed by atoms with Gasteiger partial charge in [-0.25, -0.2) is 0 Å². The molecular formula is C23H28N2O2. The number of furan rings is 1. The molecule has 2 aromatic heterocycles. The minimum atomic E-state index is -0.758. The van der Waals surface area contributed by atoms with Crippen LogP contribution < -0.4 is 0 Å². The van der Waals surface area contributed by atoms with Crippen LogP contribution in [0.5, 0.6) is 0 Å². The molecule has 142 valence electrons. The predicted molar refractivity (Wildman–Crippen MR) is 108 cm³/mol. The number of fused-ring (bicyclic) bond motifs is 1. The van der Waals surface area contributed by atoms with Gasteiger partial charge in [-0.05, 0) is 62.1 Å². The van der Waals surface area contributed by atoms with Crippen LogP contribution in [0.1, 0.15) is 49.0 Å². The van der Waals surface area contributed by atoms with Crippen LogP contribution in [0.3, 0.4) is 0 Å². The zero-order chi connectivity index (χ0) is 18.9. The topological polar surface area (TPSA) is 49.5 Å². The summed E-state index contributed by atoms with van der Waals surface area (Å²) < 4.78 is 5.91. The molecule has 4 heteroatoms. The molecule has 1 aliphatic heterocycles. The van der Waals surface area contributed by atoms with Crippen LogP contribution in [-0.4, -0.2) is 28.1 Å². The third-order valence-corrected chi connectivity index (χ3v) is 5.64. The molecule has 0 bridgehead atoms. The van der Waals surface area contributed by atoms with Gasteiger partial charge in [-0.15, -0.1) is 0 Å². The van der Waals surface area contributed by atoms with Crippen molar-refractivity contribution in [2.75, 3.05) is 13.1 Å². The van der Waals surface area contributed by atoms with Gasteiger partial charge in [0, 0.05) is 30.6 Å². The SMILES string of the molecule is CCCc1ccc(CN2CCC(O)(c3ccc4nc(C)ccc4c3)CC2)o1. The van der Waals surface area contributed by atoms with E-state index in [9.17, 15) is 5.11 Å². The molecule has 0 radical (unpaired) electrons. The second kappa shape index (κ2) is 7.45. The zero-order valence-corrected chi connectivity index (χ0v) is 16.2. The van der Waals surface area contributed by atoms with E-state index in [0.29, 0.717) is 0 Å². The fourth-order valence-electron chi connectivity index (χ4n) is 4.00. The van der Waals surface area contributed by atoms with Gasteiger partial charge >= 0.3 is 0 Å². The van der Waals surface area contributed by atoms with Gasteiger partial charge in [0.1, 0.15) is 11.5 Å². The van der Waals surface area contributed by atoms with E-state index >= 15 is 0 Å². The van der Waals surface area contributed by atoms with Gasteiger partial charge in [-0.3, -0.25) is 9.88 Å². The van der Waals surface area contributed by atoms with Crippen LogP contribution in [0.2, 0.25) is 0 Å². The largest absolute Gasteiger partial charge is 0.465 e. The molecule has 0 spiro atoms. The summed E-state index contributed by atoms with van der Waals surface area (Å²) in [6.45, 7) is 6.72. The molecule has 1 fully saturated rings. The molecule has 0 atom stereocenters. The van der Waals surface area contributed by atoms with Crippen molar-refractivity contribution in [1.82, 2.24) is 9.88 Å². The number of benzene rings is 1. The number of rotatable bonds is 5. The molecule has 0 unspecified atom stereocenters. The summed E-state index contributed by atoms with van der Waals surface area (Å²) in [5.74, 6) is 2.09. The number of piperidine rings is 1. The highest BCUT2D eigenvalue weighted by Gasteiger charge is 2.34. The highest BCUT2D eigenvalue weighted by molar-refractivity contribution is 5.79. The highest BCUT2D eigenvalue weighted by Crippen LogP contribution is 2.34. The summed E-state index contributed by atoms with van der Waals surface area (Å²) in [6, 6.07) is 14.4. The van der Waals surface area contributed by atoms with E-state index in [0.717, 1.165) is 79.0 Å². The van der Waals surface area contributed by atoms with E-state index in [1.54, 1.807) is 0 Å². The summed E-state index contributed by atoms with van der Waals surface area (Å²) in [5, 5.41) is 12.3. The van der Waals surface area contributed by atoms with E-state index in [2.05, 4.69) is 41.1 Å². The number of pyridine rings is 1. The second-order valence-corrected chi connectivity index (χ2v) is 7.79. The Kier molecular flexibility index (Phi) is 5.02. The molecule has 3 heterocycles.